The second-order valence-corrected chi connectivity index (χ2v) is 7.60. The van der Waals surface area contributed by atoms with E-state index in [2.05, 4.69) is 16.8 Å². The highest BCUT2D eigenvalue weighted by atomic mass is 32.2. The number of ether oxygens (including phenoxy) is 2. The molecule has 0 aliphatic rings. The van der Waals surface area contributed by atoms with Crippen LogP contribution in [0.5, 0.6) is 11.5 Å². The molecule has 0 radical (unpaired) electrons. The highest BCUT2D eigenvalue weighted by molar-refractivity contribution is 7.98. The number of allylic oxidation sites excluding steroid dienone is 1. The van der Waals surface area contributed by atoms with Crippen LogP contribution in [0.2, 0.25) is 0 Å². The summed E-state index contributed by atoms with van der Waals surface area (Å²) in [4.78, 5) is 0. The predicted octanol–water partition coefficient (Wildman–Crippen LogP) is 5.92. The third kappa shape index (κ3) is 5.81. The third-order valence-corrected chi connectivity index (χ3v) is 5.45. The molecule has 164 valence electrons. The Bertz CT molecular complexity index is 1020. The summed E-state index contributed by atoms with van der Waals surface area (Å²) in [7, 11) is 1.59. The zero-order chi connectivity index (χ0) is 22.4. The zero-order valence-corrected chi connectivity index (χ0v) is 17.9. The summed E-state index contributed by atoms with van der Waals surface area (Å²) in [6.45, 7) is 6.08. The molecule has 0 aliphatic carbocycles. The van der Waals surface area contributed by atoms with Gasteiger partial charge in [-0.25, -0.2) is 0 Å². The lowest BCUT2D eigenvalue weighted by Crippen LogP contribution is -2.12. The molecule has 1 atom stereocenters. The van der Waals surface area contributed by atoms with Crippen LogP contribution in [0.15, 0.2) is 66.3 Å². The quantitative estimate of drug-likeness (QED) is 0.300. The van der Waals surface area contributed by atoms with Gasteiger partial charge in [0.15, 0.2) is 17.1 Å². The number of thioether (sulfide) groups is 1. The van der Waals surface area contributed by atoms with E-state index in [9.17, 15) is 13.2 Å². The Labute approximate surface area is 182 Å². The maximum Gasteiger partial charge on any atom is 0.416 e. The number of rotatable bonds is 9. The molecule has 0 bridgehead atoms. The second kappa shape index (κ2) is 9.91. The lowest BCUT2D eigenvalue weighted by molar-refractivity contribution is -0.137. The van der Waals surface area contributed by atoms with Gasteiger partial charge in [0.2, 0.25) is 0 Å². The van der Waals surface area contributed by atoms with Crippen LogP contribution in [0, 0.1) is 0 Å². The second-order valence-electron chi connectivity index (χ2n) is 6.66. The number of hydrogen-bond acceptors (Lipinski definition) is 5. The van der Waals surface area contributed by atoms with Gasteiger partial charge in [-0.2, -0.15) is 13.2 Å². The van der Waals surface area contributed by atoms with E-state index in [0.717, 1.165) is 17.9 Å². The minimum Gasteiger partial charge on any atom is -0.497 e. The van der Waals surface area contributed by atoms with Crippen LogP contribution >= 0.6 is 11.8 Å². The summed E-state index contributed by atoms with van der Waals surface area (Å²) in [5.74, 6) is 2.30. The minimum atomic E-state index is -4.37. The smallest absolute Gasteiger partial charge is 0.416 e. The number of methoxy groups -OCH3 is 1. The van der Waals surface area contributed by atoms with Crippen molar-refractivity contribution in [3.63, 3.8) is 0 Å². The molecule has 0 fully saturated rings. The first-order chi connectivity index (χ1) is 14.8. The molecular weight excluding hydrogens is 427 g/mol. The van der Waals surface area contributed by atoms with Crippen LogP contribution in [-0.4, -0.2) is 21.9 Å². The molecule has 2 aromatic carbocycles. The third-order valence-electron chi connectivity index (χ3n) is 4.42. The Kier molecular flexibility index (Phi) is 7.27. The summed E-state index contributed by atoms with van der Waals surface area (Å²) in [6, 6.07) is 12.5. The van der Waals surface area contributed by atoms with Crippen molar-refractivity contribution >= 4 is 11.8 Å². The number of nitrogens with zero attached hydrogens (tertiary/aromatic N) is 3. The van der Waals surface area contributed by atoms with E-state index in [1.807, 2.05) is 11.5 Å². The van der Waals surface area contributed by atoms with E-state index in [0.29, 0.717) is 34.6 Å². The standard InChI is InChI=1S/C22H22F3N3O2S/c1-4-12-28-20(15(2)30-19-10-8-18(29-3)9-11-19)26-27-21(28)31-14-16-6-5-7-17(13-16)22(23,24)25/h4-11,13,15H,1,12,14H2,2-3H3. The van der Waals surface area contributed by atoms with Crippen LogP contribution in [0.1, 0.15) is 30.0 Å². The van der Waals surface area contributed by atoms with Gasteiger partial charge in [-0.1, -0.05) is 36.0 Å². The average Bonchev–Trinajstić information content (AvgIpc) is 3.15. The van der Waals surface area contributed by atoms with Crippen molar-refractivity contribution in [2.24, 2.45) is 0 Å². The van der Waals surface area contributed by atoms with E-state index >= 15 is 0 Å². The van der Waals surface area contributed by atoms with Gasteiger partial charge in [-0.15, -0.1) is 16.8 Å². The Morgan fingerprint density at radius 2 is 1.84 bits per heavy atom. The topological polar surface area (TPSA) is 49.2 Å². The largest absolute Gasteiger partial charge is 0.497 e. The van der Waals surface area contributed by atoms with Gasteiger partial charge < -0.3 is 9.47 Å². The molecule has 0 saturated heterocycles. The fourth-order valence-corrected chi connectivity index (χ4v) is 3.80. The summed E-state index contributed by atoms with van der Waals surface area (Å²) < 4.78 is 51.8. The van der Waals surface area contributed by atoms with Crippen molar-refractivity contribution in [2.75, 3.05) is 7.11 Å². The summed E-state index contributed by atoms with van der Waals surface area (Å²) in [6.07, 6.45) is -3.06. The molecule has 1 unspecified atom stereocenters. The molecule has 0 spiro atoms. The van der Waals surface area contributed by atoms with Gasteiger partial charge in [0.05, 0.1) is 12.7 Å². The van der Waals surface area contributed by atoms with Crippen LogP contribution in [0.25, 0.3) is 0 Å². The van der Waals surface area contributed by atoms with Crippen molar-refractivity contribution in [1.82, 2.24) is 14.8 Å². The molecule has 1 heterocycles. The first-order valence-corrected chi connectivity index (χ1v) is 10.4. The molecule has 3 rings (SSSR count). The molecular formula is C22H22F3N3O2S. The van der Waals surface area contributed by atoms with E-state index < -0.39 is 17.8 Å². The van der Waals surface area contributed by atoms with Crippen LogP contribution < -0.4 is 9.47 Å². The highest BCUT2D eigenvalue weighted by Crippen LogP contribution is 2.32. The van der Waals surface area contributed by atoms with Gasteiger partial charge in [0.25, 0.3) is 0 Å². The van der Waals surface area contributed by atoms with E-state index in [1.165, 1.54) is 17.8 Å². The maximum absolute atomic E-state index is 12.9. The monoisotopic (exact) mass is 449 g/mol. The number of hydrogen-bond donors (Lipinski definition) is 0. The Balaban J connectivity index is 1.74. The molecule has 9 heteroatoms. The summed E-state index contributed by atoms with van der Waals surface area (Å²) >= 11 is 1.31. The normalized spacial score (nSPS) is 12.4. The molecule has 31 heavy (non-hydrogen) atoms. The number of alkyl halides is 3. The van der Waals surface area contributed by atoms with E-state index in [-0.39, 0.29) is 0 Å². The summed E-state index contributed by atoms with van der Waals surface area (Å²) in [5.41, 5.74) is -0.113. The number of aromatic nitrogens is 3. The van der Waals surface area contributed by atoms with Crippen LogP contribution in [-0.2, 0) is 18.5 Å². The van der Waals surface area contributed by atoms with Crippen molar-refractivity contribution < 1.29 is 22.6 Å². The van der Waals surface area contributed by atoms with Gasteiger partial charge in [-0.05, 0) is 42.8 Å². The first kappa shape index (κ1) is 22.7. The minimum absolute atomic E-state index is 0.326. The Hall–Kier alpha value is -2.94. The Morgan fingerprint density at radius 3 is 2.48 bits per heavy atom. The van der Waals surface area contributed by atoms with Crippen molar-refractivity contribution in [3.8, 4) is 11.5 Å². The van der Waals surface area contributed by atoms with Gasteiger partial charge in [0, 0.05) is 12.3 Å². The van der Waals surface area contributed by atoms with E-state index in [1.54, 1.807) is 43.5 Å². The lowest BCUT2D eigenvalue weighted by atomic mass is 10.1. The molecule has 0 saturated carbocycles. The van der Waals surface area contributed by atoms with Crippen molar-refractivity contribution in [2.45, 2.75) is 36.7 Å². The predicted molar refractivity (Wildman–Crippen MR) is 113 cm³/mol. The Morgan fingerprint density at radius 1 is 1.13 bits per heavy atom. The molecule has 0 aliphatic heterocycles. The SMILES string of the molecule is C=CCn1c(SCc2cccc(C(F)(F)F)c2)nnc1C(C)Oc1ccc(OC)cc1. The molecule has 0 N–H and O–H groups in total. The van der Waals surface area contributed by atoms with Gasteiger partial charge in [0.1, 0.15) is 11.5 Å². The zero-order valence-electron chi connectivity index (χ0n) is 17.1. The van der Waals surface area contributed by atoms with Gasteiger partial charge in [-0.3, -0.25) is 4.57 Å². The van der Waals surface area contributed by atoms with Crippen LogP contribution in [0.3, 0.4) is 0 Å². The van der Waals surface area contributed by atoms with Crippen molar-refractivity contribution in [1.29, 1.82) is 0 Å². The average molecular weight is 449 g/mol. The molecule has 3 aromatic rings. The number of benzene rings is 2. The lowest BCUT2D eigenvalue weighted by Gasteiger charge is -2.16. The molecule has 5 nitrogen and oxygen atoms in total. The fourth-order valence-electron chi connectivity index (χ4n) is 2.90. The van der Waals surface area contributed by atoms with E-state index in [4.69, 9.17) is 9.47 Å². The summed E-state index contributed by atoms with van der Waals surface area (Å²) in [5, 5.41) is 9.05. The first-order valence-electron chi connectivity index (χ1n) is 9.45. The fraction of sp³-hybridized carbons (Fsp3) is 0.273. The molecule has 0 amide bonds. The van der Waals surface area contributed by atoms with Gasteiger partial charge >= 0.3 is 6.18 Å². The number of halogens is 3. The highest BCUT2D eigenvalue weighted by Gasteiger charge is 2.30. The maximum atomic E-state index is 12.9. The van der Waals surface area contributed by atoms with Crippen molar-refractivity contribution in [3.05, 3.63) is 78.1 Å². The van der Waals surface area contributed by atoms with Crippen LogP contribution in [0.4, 0.5) is 13.2 Å². The molecule has 1 aromatic heterocycles.